The third-order valence-electron chi connectivity index (χ3n) is 3.66. The quantitative estimate of drug-likeness (QED) is 0.432. The summed E-state index contributed by atoms with van der Waals surface area (Å²) in [6.45, 7) is 5.69. The molecule has 1 atom stereocenters. The Hall–Kier alpha value is -1.56. The van der Waals surface area contributed by atoms with Crippen molar-refractivity contribution in [2.75, 3.05) is 28.7 Å². The summed E-state index contributed by atoms with van der Waals surface area (Å²) in [7, 11) is -2.31. The van der Waals surface area contributed by atoms with Crippen molar-refractivity contribution in [3.05, 3.63) is 23.2 Å². The first-order chi connectivity index (χ1) is 13.5. The fourth-order valence-electron chi connectivity index (χ4n) is 2.37. The number of methoxy groups -OCH3 is 1. The maximum atomic E-state index is 12.7. The van der Waals surface area contributed by atoms with Crippen molar-refractivity contribution in [1.29, 1.82) is 0 Å². The summed E-state index contributed by atoms with van der Waals surface area (Å²) >= 11 is 8.93. The van der Waals surface area contributed by atoms with E-state index in [1.807, 2.05) is 0 Å². The molecular formula is C17H23ClN4O4S3. The second kappa shape index (κ2) is 9.96. The van der Waals surface area contributed by atoms with Crippen LogP contribution in [0, 0.1) is 5.92 Å². The summed E-state index contributed by atoms with van der Waals surface area (Å²) in [5, 5.41) is 11.2. The van der Waals surface area contributed by atoms with Gasteiger partial charge in [-0.1, -0.05) is 48.5 Å². The number of benzene rings is 1. The molecule has 1 N–H and O–H groups in total. The monoisotopic (exact) mass is 478 g/mol. The summed E-state index contributed by atoms with van der Waals surface area (Å²) in [6, 6.07) is 3.48. The summed E-state index contributed by atoms with van der Waals surface area (Å²) in [6.07, 6.45) is 1.03. The maximum absolute atomic E-state index is 12.7. The Labute approximate surface area is 184 Å². The first-order valence-corrected chi connectivity index (χ1v) is 12.7. The summed E-state index contributed by atoms with van der Waals surface area (Å²) in [5.41, 5.74) is 0.256. The van der Waals surface area contributed by atoms with Crippen LogP contribution in [0.3, 0.4) is 0 Å². The minimum atomic E-state index is -3.77. The maximum Gasteiger partial charge on any atom is 0.249 e. The number of halogens is 1. The zero-order chi connectivity index (χ0) is 21.8. The number of aromatic nitrogens is 2. The molecule has 12 heteroatoms. The highest BCUT2D eigenvalue weighted by Crippen LogP contribution is 2.32. The highest BCUT2D eigenvalue weighted by Gasteiger charge is 2.30. The number of hydrogen-bond donors (Lipinski definition) is 1. The van der Waals surface area contributed by atoms with Crippen LogP contribution in [-0.2, 0) is 14.8 Å². The van der Waals surface area contributed by atoms with Gasteiger partial charge in [-0.25, -0.2) is 8.42 Å². The molecule has 0 aliphatic carbocycles. The fraction of sp³-hybridized carbons (Fsp3) is 0.471. The highest BCUT2D eigenvalue weighted by atomic mass is 35.5. The number of hydrogen-bond acceptors (Lipinski definition) is 8. The first kappa shape index (κ1) is 23.7. The average molecular weight is 479 g/mol. The van der Waals surface area contributed by atoms with Crippen LogP contribution in [0.1, 0.15) is 20.8 Å². The summed E-state index contributed by atoms with van der Waals surface area (Å²) in [4.78, 5) is 12.7. The molecule has 1 aromatic carbocycles. The normalized spacial score (nSPS) is 12.7. The minimum Gasteiger partial charge on any atom is -0.495 e. The van der Waals surface area contributed by atoms with E-state index >= 15 is 0 Å². The number of thioether (sulfide) groups is 1. The smallest absolute Gasteiger partial charge is 0.249 e. The van der Waals surface area contributed by atoms with Crippen molar-refractivity contribution in [2.45, 2.75) is 31.2 Å². The van der Waals surface area contributed by atoms with Gasteiger partial charge in [0.2, 0.25) is 21.1 Å². The molecule has 0 bridgehead atoms. The lowest BCUT2D eigenvalue weighted by Crippen LogP contribution is -2.45. The number of ether oxygens (including phenoxy) is 1. The molecule has 0 spiro atoms. The molecule has 2 aromatic rings. The van der Waals surface area contributed by atoms with Crippen LogP contribution in [0.2, 0.25) is 5.02 Å². The van der Waals surface area contributed by atoms with E-state index in [1.54, 1.807) is 17.8 Å². The number of anilines is 2. The second-order valence-electron chi connectivity index (χ2n) is 6.62. The number of sulfonamides is 1. The molecule has 8 nitrogen and oxygen atoms in total. The van der Waals surface area contributed by atoms with E-state index in [2.05, 4.69) is 29.4 Å². The molecule has 0 fully saturated rings. The van der Waals surface area contributed by atoms with Gasteiger partial charge in [-0.05, 0) is 31.0 Å². The van der Waals surface area contributed by atoms with E-state index in [1.165, 1.54) is 37.5 Å². The molecule has 1 aromatic heterocycles. The summed E-state index contributed by atoms with van der Waals surface area (Å²) < 4.78 is 31.6. The Morgan fingerprint density at radius 1 is 1.34 bits per heavy atom. The van der Waals surface area contributed by atoms with Gasteiger partial charge in [-0.15, -0.1) is 10.2 Å². The van der Waals surface area contributed by atoms with Gasteiger partial charge in [0, 0.05) is 5.75 Å². The fourth-order valence-corrected chi connectivity index (χ4v) is 5.52. The highest BCUT2D eigenvalue weighted by molar-refractivity contribution is 8.01. The standard InChI is InChI=1S/C17H23ClN4O4S3/c1-10(2)9-27-17-21-20-16(28-17)19-15(23)11(3)22(29(5,24)25)12-6-7-14(26-4)13(18)8-12/h6-8,10-11H,9H2,1-5H3,(H,19,20,23)/t11-/m1/s1. The Morgan fingerprint density at radius 2 is 2.03 bits per heavy atom. The van der Waals surface area contributed by atoms with Gasteiger partial charge >= 0.3 is 0 Å². The van der Waals surface area contributed by atoms with Crippen molar-refractivity contribution >= 4 is 61.4 Å². The zero-order valence-electron chi connectivity index (χ0n) is 16.7. The molecule has 0 aliphatic heterocycles. The predicted octanol–water partition coefficient (Wildman–Crippen LogP) is 3.74. The lowest BCUT2D eigenvalue weighted by molar-refractivity contribution is -0.116. The largest absolute Gasteiger partial charge is 0.495 e. The molecule has 2 rings (SSSR count). The topological polar surface area (TPSA) is 101 Å². The Bertz CT molecular complexity index is 965. The van der Waals surface area contributed by atoms with E-state index in [0.717, 1.165) is 20.7 Å². The van der Waals surface area contributed by atoms with Crippen LogP contribution in [-0.4, -0.2) is 49.7 Å². The molecule has 0 saturated carbocycles. The first-order valence-electron chi connectivity index (χ1n) is 8.63. The SMILES string of the molecule is COc1ccc(N([C@H](C)C(=O)Nc2nnc(SCC(C)C)s2)S(C)(=O)=O)cc1Cl. The van der Waals surface area contributed by atoms with Gasteiger partial charge in [0.1, 0.15) is 11.8 Å². The van der Waals surface area contributed by atoms with E-state index in [0.29, 0.717) is 16.8 Å². The molecule has 160 valence electrons. The van der Waals surface area contributed by atoms with E-state index in [-0.39, 0.29) is 10.7 Å². The molecule has 1 amide bonds. The van der Waals surface area contributed by atoms with Gasteiger partial charge in [0.05, 0.1) is 24.1 Å². The van der Waals surface area contributed by atoms with Gasteiger partial charge in [-0.3, -0.25) is 14.4 Å². The van der Waals surface area contributed by atoms with Crippen molar-refractivity contribution < 1.29 is 17.9 Å². The molecule has 0 aliphatic rings. The average Bonchev–Trinajstić information content (AvgIpc) is 3.06. The van der Waals surface area contributed by atoms with Gasteiger partial charge in [0.25, 0.3) is 0 Å². The molecule has 1 heterocycles. The molecule has 0 saturated heterocycles. The molecule has 0 unspecified atom stereocenters. The van der Waals surface area contributed by atoms with Crippen LogP contribution in [0.4, 0.5) is 10.8 Å². The summed E-state index contributed by atoms with van der Waals surface area (Å²) in [5.74, 6) is 1.26. The van der Waals surface area contributed by atoms with E-state index in [9.17, 15) is 13.2 Å². The lowest BCUT2D eigenvalue weighted by Gasteiger charge is -2.28. The third-order valence-corrected chi connectivity index (χ3v) is 7.59. The number of rotatable bonds is 9. The Kier molecular flexibility index (Phi) is 8.15. The number of nitrogens with zero attached hydrogens (tertiary/aromatic N) is 3. The third kappa shape index (κ3) is 6.46. The van der Waals surface area contributed by atoms with Crippen molar-refractivity contribution in [1.82, 2.24) is 10.2 Å². The van der Waals surface area contributed by atoms with Gasteiger partial charge < -0.3 is 4.74 Å². The van der Waals surface area contributed by atoms with Crippen LogP contribution in [0.15, 0.2) is 22.5 Å². The van der Waals surface area contributed by atoms with Crippen LogP contribution in [0.5, 0.6) is 5.75 Å². The molecular weight excluding hydrogens is 456 g/mol. The lowest BCUT2D eigenvalue weighted by atomic mass is 10.2. The Balaban J connectivity index is 2.20. The Morgan fingerprint density at radius 3 is 2.59 bits per heavy atom. The van der Waals surface area contributed by atoms with Crippen molar-refractivity contribution in [3.8, 4) is 5.75 Å². The molecule has 29 heavy (non-hydrogen) atoms. The van der Waals surface area contributed by atoms with Crippen LogP contribution >= 0.6 is 34.7 Å². The molecule has 0 radical (unpaired) electrons. The minimum absolute atomic E-state index is 0.238. The van der Waals surface area contributed by atoms with E-state index < -0.39 is 22.0 Å². The predicted molar refractivity (Wildman–Crippen MR) is 119 cm³/mol. The zero-order valence-corrected chi connectivity index (χ0v) is 19.9. The van der Waals surface area contributed by atoms with Gasteiger partial charge in [-0.2, -0.15) is 0 Å². The van der Waals surface area contributed by atoms with Crippen molar-refractivity contribution in [3.63, 3.8) is 0 Å². The van der Waals surface area contributed by atoms with Crippen LogP contribution < -0.4 is 14.4 Å². The number of carbonyl (C=O) groups excluding carboxylic acids is 1. The van der Waals surface area contributed by atoms with E-state index in [4.69, 9.17) is 16.3 Å². The number of carbonyl (C=O) groups is 1. The van der Waals surface area contributed by atoms with Gasteiger partial charge in [0.15, 0.2) is 4.34 Å². The van der Waals surface area contributed by atoms with Crippen LogP contribution in [0.25, 0.3) is 0 Å². The second-order valence-corrected chi connectivity index (χ2v) is 11.1. The number of nitrogens with one attached hydrogen (secondary N) is 1. The number of amides is 1. The van der Waals surface area contributed by atoms with Crippen molar-refractivity contribution in [2.24, 2.45) is 5.92 Å².